The van der Waals surface area contributed by atoms with Crippen molar-refractivity contribution in [2.24, 2.45) is 5.92 Å². The van der Waals surface area contributed by atoms with Gasteiger partial charge in [-0.25, -0.2) is 23.1 Å². The fourth-order valence-corrected chi connectivity index (χ4v) is 8.58. The zero-order valence-electron chi connectivity index (χ0n) is 33.2. The molecular weight excluding hydrogens is 792 g/mol. The molecule has 2 aliphatic heterocycles. The van der Waals surface area contributed by atoms with Crippen LogP contribution >= 0.6 is 0 Å². The first-order valence-electron chi connectivity index (χ1n) is 20.6. The van der Waals surface area contributed by atoms with Crippen LogP contribution in [0.2, 0.25) is 0 Å². The molecule has 3 aliphatic rings. The average Bonchev–Trinajstić information content (AvgIpc) is 3.91. The van der Waals surface area contributed by atoms with Crippen molar-refractivity contribution < 1.29 is 32.7 Å². The Bertz CT molecular complexity index is 2620. The Labute approximate surface area is 348 Å². The lowest BCUT2D eigenvalue weighted by atomic mass is 9.86. The number of anilines is 2. The monoisotopic (exact) mass is 835 g/mol. The molecule has 4 aromatic heterocycles. The number of halogens is 3. The molecular formula is C43H44F3N11O4. The molecule has 0 unspecified atom stereocenters. The van der Waals surface area contributed by atoms with E-state index in [2.05, 4.69) is 31.6 Å². The summed E-state index contributed by atoms with van der Waals surface area (Å²) in [5.74, 6) is -6.44. The maximum absolute atomic E-state index is 14.1. The van der Waals surface area contributed by atoms with Crippen molar-refractivity contribution in [1.29, 1.82) is 0 Å². The second-order valence-electron chi connectivity index (χ2n) is 16.0. The highest BCUT2D eigenvalue weighted by atomic mass is 19.2. The number of piperazine rings is 1. The standard InChI is InChI=1S/C43H44F3N11O4/c44-32-19-31(39(45)40(46)41(32)59)42(60)49-20-26-3-8-30(9-4-26)56-25-29-7-6-28(18-33(29)52-56)34-21-48-37(23-47-34)54-16-14-53(15-17-54)12-1-2-27-5-10-35-36(22-50-57(35)24-27)55-13-11-38(58)51-43(55)61/h5-7,10,18-19,21-26,30,59H,1-4,8-9,11-17,20H2,(H,49,60)(H,51,58,61). The summed E-state index contributed by atoms with van der Waals surface area (Å²) in [7, 11) is 0. The minimum Gasteiger partial charge on any atom is -0.503 e. The molecule has 1 saturated carbocycles. The Kier molecular flexibility index (Phi) is 11.0. The summed E-state index contributed by atoms with van der Waals surface area (Å²) in [6.45, 7) is 5.11. The van der Waals surface area contributed by atoms with Crippen LogP contribution in [0.5, 0.6) is 5.75 Å². The molecule has 2 aromatic carbocycles. The highest BCUT2D eigenvalue weighted by Gasteiger charge is 2.28. The molecule has 18 heteroatoms. The lowest BCUT2D eigenvalue weighted by molar-refractivity contribution is -0.120. The van der Waals surface area contributed by atoms with Gasteiger partial charge >= 0.3 is 6.03 Å². The number of benzene rings is 2. The van der Waals surface area contributed by atoms with Gasteiger partial charge in [0.2, 0.25) is 11.7 Å². The summed E-state index contributed by atoms with van der Waals surface area (Å²) in [5, 5.41) is 24.6. The van der Waals surface area contributed by atoms with E-state index in [1.807, 2.05) is 53.7 Å². The molecule has 0 radical (unpaired) electrons. The lowest BCUT2D eigenvalue weighted by Crippen LogP contribution is -2.49. The van der Waals surface area contributed by atoms with Crippen molar-refractivity contribution in [3.63, 3.8) is 0 Å². The molecule has 1 aliphatic carbocycles. The van der Waals surface area contributed by atoms with Crippen molar-refractivity contribution >= 4 is 45.8 Å². The van der Waals surface area contributed by atoms with Crippen LogP contribution in [-0.2, 0) is 11.2 Å². The van der Waals surface area contributed by atoms with Gasteiger partial charge in [-0.1, -0.05) is 18.2 Å². The number of hydrogen-bond acceptors (Lipinski definition) is 10. The van der Waals surface area contributed by atoms with Crippen LogP contribution in [0.25, 0.3) is 27.7 Å². The number of aromatic nitrogens is 6. The van der Waals surface area contributed by atoms with Crippen LogP contribution in [0, 0.1) is 23.4 Å². The van der Waals surface area contributed by atoms with E-state index >= 15 is 0 Å². The number of phenolic OH excluding ortho intramolecular Hbond substituents is 1. The molecule has 3 N–H and O–H groups in total. The van der Waals surface area contributed by atoms with Gasteiger partial charge in [0.05, 0.1) is 52.6 Å². The number of carbonyl (C=O) groups excluding carboxylic acids is 3. The number of fused-ring (bicyclic) bond motifs is 2. The van der Waals surface area contributed by atoms with E-state index in [1.165, 1.54) is 0 Å². The first-order valence-corrected chi connectivity index (χ1v) is 20.6. The lowest BCUT2D eigenvalue weighted by Gasteiger charge is -2.35. The maximum Gasteiger partial charge on any atom is 0.328 e. The van der Waals surface area contributed by atoms with Gasteiger partial charge in [-0.15, -0.1) is 0 Å². The third-order valence-electron chi connectivity index (χ3n) is 12.1. The van der Waals surface area contributed by atoms with Crippen molar-refractivity contribution in [2.75, 3.05) is 55.6 Å². The van der Waals surface area contributed by atoms with Crippen LogP contribution in [0.3, 0.4) is 0 Å². The predicted octanol–water partition coefficient (Wildman–Crippen LogP) is 5.63. The summed E-state index contributed by atoms with van der Waals surface area (Å²) in [6.07, 6.45) is 14.7. The summed E-state index contributed by atoms with van der Waals surface area (Å²) < 4.78 is 45.4. The van der Waals surface area contributed by atoms with Gasteiger partial charge in [-0.05, 0) is 74.8 Å². The van der Waals surface area contributed by atoms with E-state index in [1.54, 1.807) is 15.6 Å². The number of hydrogen-bond donors (Lipinski definition) is 3. The smallest absolute Gasteiger partial charge is 0.328 e. The molecule has 0 bridgehead atoms. The van der Waals surface area contributed by atoms with Crippen LogP contribution in [0.4, 0.5) is 29.5 Å². The van der Waals surface area contributed by atoms with Gasteiger partial charge in [-0.2, -0.15) is 14.6 Å². The fourth-order valence-electron chi connectivity index (χ4n) is 8.58. The molecule has 3 fully saturated rings. The largest absolute Gasteiger partial charge is 0.503 e. The van der Waals surface area contributed by atoms with Gasteiger partial charge in [0.15, 0.2) is 17.4 Å². The Balaban J connectivity index is 0.727. The number of pyridine rings is 1. The zero-order chi connectivity index (χ0) is 42.2. The van der Waals surface area contributed by atoms with E-state index in [0.717, 1.165) is 110 Å². The molecule has 0 atom stereocenters. The normalized spacial score (nSPS) is 18.9. The first kappa shape index (κ1) is 39.9. The van der Waals surface area contributed by atoms with Crippen LogP contribution in [0.15, 0.2) is 67.4 Å². The molecule has 61 heavy (non-hydrogen) atoms. The first-order chi connectivity index (χ1) is 29.6. The van der Waals surface area contributed by atoms with Crippen molar-refractivity contribution in [2.45, 2.75) is 51.0 Å². The maximum atomic E-state index is 14.1. The van der Waals surface area contributed by atoms with E-state index < -0.39 is 40.7 Å². The Hall–Kier alpha value is -6.56. The Morgan fingerprint density at radius 2 is 1.72 bits per heavy atom. The van der Waals surface area contributed by atoms with E-state index in [-0.39, 0.29) is 30.8 Å². The Morgan fingerprint density at radius 1 is 0.902 bits per heavy atom. The molecule has 316 valence electrons. The van der Waals surface area contributed by atoms with Gasteiger partial charge < -0.3 is 15.3 Å². The highest BCUT2D eigenvalue weighted by molar-refractivity contribution is 6.07. The van der Waals surface area contributed by atoms with Crippen molar-refractivity contribution in [3.05, 3.63) is 96.0 Å². The minimum absolute atomic E-state index is 0.115. The number of phenols is 1. The van der Waals surface area contributed by atoms with Gasteiger partial charge in [0, 0.05) is 69.0 Å². The summed E-state index contributed by atoms with van der Waals surface area (Å²) in [4.78, 5) is 52.2. The minimum atomic E-state index is -1.78. The van der Waals surface area contributed by atoms with E-state index in [9.17, 15) is 32.7 Å². The van der Waals surface area contributed by atoms with Gasteiger partial charge in [-0.3, -0.25) is 34.4 Å². The predicted molar refractivity (Wildman–Crippen MR) is 220 cm³/mol. The number of rotatable bonds is 11. The molecule has 4 amide bonds. The second kappa shape index (κ2) is 16.8. The number of urea groups is 1. The van der Waals surface area contributed by atoms with Gasteiger partial charge in [0.25, 0.3) is 5.91 Å². The zero-order valence-corrected chi connectivity index (χ0v) is 33.2. The number of nitrogens with one attached hydrogen (secondary N) is 2. The third kappa shape index (κ3) is 8.31. The SMILES string of the molecule is O=C1CCN(c2cnn3cc(CCCN4CCN(c5cnc(-c6ccc7cn(C8CCC(CNC(=O)c9cc(F)c(O)c(F)c9F)CC8)nc7c6)cn5)CC4)ccc23)C(=O)N1. The highest BCUT2D eigenvalue weighted by Crippen LogP contribution is 2.34. The summed E-state index contributed by atoms with van der Waals surface area (Å²) >= 11 is 0. The number of imide groups is 1. The molecule has 6 heterocycles. The van der Waals surface area contributed by atoms with Crippen LogP contribution in [0.1, 0.15) is 60.5 Å². The average molecular weight is 836 g/mol. The van der Waals surface area contributed by atoms with Gasteiger partial charge in [0.1, 0.15) is 5.82 Å². The number of aromatic hydroxyl groups is 1. The van der Waals surface area contributed by atoms with Crippen molar-refractivity contribution in [3.8, 4) is 17.0 Å². The topological polar surface area (TPSA) is 166 Å². The third-order valence-corrected chi connectivity index (χ3v) is 12.1. The second-order valence-corrected chi connectivity index (χ2v) is 16.0. The molecule has 9 rings (SSSR count). The number of nitrogens with zero attached hydrogens (tertiary/aromatic N) is 9. The number of aryl methyl sites for hydroxylation is 1. The Morgan fingerprint density at radius 3 is 2.49 bits per heavy atom. The summed E-state index contributed by atoms with van der Waals surface area (Å²) in [6, 6.07) is 10.4. The molecule has 0 spiro atoms. The van der Waals surface area contributed by atoms with Crippen molar-refractivity contribution in [1.82, 2.24) is 44.9 Å². The van der Waals surface area contributed by atoms with Crippen LogP contribution in [-0.4, -0.2) is 103 Å². The summed E-state index contributed by atoms with van der Waals surface area (Å²) in [5.41, 5.74) is 4.43. The molecule has 2 saturated heterocycles. The number of carbonyl (C=O) groups is 3. The fraction of sp³-hybridized carbons (Fsp3) is 0.372. The molecule has 6 aromatic rings. The van der Waals surface area contributed by atoms with E-state index in [4.69, 9.17) is 15.1 Å². The quantitative estimate of drug-likeness (QED) is 0.139. The number of amides is 4. The molecule has 15 nitrogen and oxygen atoms in total. The van der Waals surface area contributed by atoms with E-state index in [0.29, 0.717) is 18.3 Å². The van der Waals surface area contributed by atoms with Crippen LogP contribution < -0.4 is 20.4 Å².